The van der Waals surface area contributed by atoms with E-state index in [2.05, 4.69) is 23.9 Å². The highest BCUT2D eigenvalue weighted by molar-refractivity contribution is 5.85. The zero-order valence-corrected chi connectivity index (χ0v) is 12.0. The third-order valence-corrected chi connectivity index (χ3v) is 4.53. The number of nitrogens with two attached hydrogens (primary N) is 1. The Morgan fingerprint density at radius 2 is 1.89 bits per heavy atom. The van der Waals surface area contributed by atoms with Crippen molar-refractivity contribution in [1.82, 2.24) is 9.80 Å². The molecule has 0 aromatic heterocycles. The number of hydrogen-bond acceptors (Lipinski definition) is 4. The van der Waals surface area contributed by atoms with Crippen LogP contribution < -0.4 is 5.73 Å². The van der Waals surface area contributed by atoms with Crippen LogP contribution in [0.15, 0.2) is 5.16 Å². The van der Waals surface area contributed by atoms with E-state index in [0.29, 0.717) is 5.91 Å². The van der Waals surface area contributed by atoms with Crippen molar-refractivity contribution >= 4 is 11.7 Å². The number of carbonyl (C=O) groups excluding carboxylic acids is 1. The molecule has 1 saturated carbocycles. The Labute approximate surface area is 114 Å². The van der Waals surface area contributed by atoms with E-state index >= 15 is 0 Å². The molecule has 0 bridgehead atoms. The quantitative estimate of drug-likeness (QED) is 0.334. The van der Waals surface area contributed by atoms with E-state index in [1.807, 2.05) is 11.8 Å². The minimum atomic E-state index is -0.0837. The van der Waals surface area contributed by atoms with E-state index in [-0.39, 0.29) is 23.2 Å². The van der Waals surface area contributed by atoms with Gasteiger partial charge in [-0.15, -0.1) is 0 Å². The number of oxime groups is 1. The van der Waals surface area contributed by atoms with Crippen molar-refractivity contribution < 1.29 is 10.0 Å². The van der Waals surface area contributed by atoms with Gasteiger partial charge in [0.15, 0.2) is 5.84 Å². The molecule has 2 aliphatic rings. The van der Waals surface area contributed by atoms with Gasteiger partial charge in [-0.2, -0.15) is 0 Å². The molecule has 0 aromatic carbocycles. The summed E-state index contributed by atoms with van der Waals surface area (Å²) in [4.78, 5) is 16.4. The summed E-state index contributed by atoms with van der Waals surface area (Å²) in [6, 6.07) is -0.0837. The largest absolute Gasteiger partial charge is 0.409 e. The lowest BCUT2D eigenvalue weighted by atomic mass is 10.1. The third kappa shape index (κ3) is 2.83. The van der Waals surface area contributed by atoms with Gasteiger partial charge >= 0.3 is 0 Å². The molecule has 6 heteroatoms. The van der Waals surface area contributed by atoms with Gasteiger partial charge in [0.25, 0.3) is 0 Å². The standard InChI is InChI=1S/C13H24N4O2/c1-9(11(14)15-19)16-4-6-17(7-5-16)12(18)10-8-13(10,2)3/h9-10,19H,4-8H2,1-3H3,(H2,14,15). The van der Waals surface area contributed by atoms with Gasteiger partial charge in [-0.25, -0.2) is 0 Å². The molecule has 0 spiro atoms. The summed E-state index contributed by atoms with van der Waals surface area (Å²) < 4.78 is 0. The maximum absolute atomic E-state index is 12.3. The van der Waals surface area contributed by atoms with Crippen LogP contribution >= 0.6 is 0 Å². The number of piperazine rings is 1. The van der Waals surface area contributed by atoms with Gasteiger partial charge < -0.3 is 15.8 Å². The first-order chi connectivity index (χ1) is 8.86. The molecule has 108 valence electrons. The summed E-state index contributed by atoms with van der Waals surface area (Å²) >= 11 is 0. The topological polar surface area (TPSA) is 82.2 Å². The van der Waals surface area contributed by atoms with Crippen LogP contribution in [0.25, 0.3) is 0 Å². The van der Waals surface area contributed by atoms with E-state index < -0.39 is 0 Å². The van der Waals surface area contributed by atoms with Crippen molar-refractivity contribution in [3.8, 4) is 0 Å². The number of amidine groups is 1. The van der Waals surface area contributed by atoms with Crippen LogP contribution in [0.4, 0.5) is 0 Å². The van der Waals surface area contributed by atoms with Crippen molar-refractivity contribution in [1.29, 1.82) is 0 Å². The van der Waals surface area contributed by atoms with Crippen LogP contribution in [-0.4, -0.2) is 59.0 Å². The Morgan fingerprint density at radius 3 is 2.32 bits per heavy atom. The molecule has 2 unspecified atom stereocenters. The predicted octanol–water partition coefficient (Wildman–Crippen LogP) is 0.312. The monoisotopic (exact) mass is 268 g/mol. The zero-order chi connectivity index (χ0) is 14.2. The molecule has 2 rings (SSSR count). The summed E-state index contributed by atoms with van der Waals surface area (Å²) in [6.07, 6.45) is 1.01. The Morgan fingerprint density at radius 1 is 1.37 bits per heavy atom. The van der Waals surface area contributed by atoms with Crippen molar-refractivity contribution in [3.05, 3.63) is 0 Å². The van der Waals surface area contributed by atoms with Crippen LogP contribution in [0.1, 0.15) is 27.2 Å². The summed E-state index contributed by atoms with van der Waals surface area (Å²) in [7, 11) is 0. The smallest absolute Gasteiger partial charge is 0.226 e. The van der Waals surface area contributed by atoms with E-state index in [4.69, 9.17) is 10.9 Å². The molecule has 1 amide bonds. The van der Waals surface area contributed by atoms with Gasteiger partial charge in [-0.1, -0.05) is 19.0 Å². The Kier molecular flexibility index (Phi) is 3.71. The number of rotatable bonds is 3. The fraction of sp³-hybridized carbons (Fsp3) is 0.846. The Hall–Kier alpha value is -1.30. The molecule has 1 aliphatic carbocycles. The highest BCUT2D eigenvalue weighted by atomic mass is 16.4. The Balaban J connectivity index is 1.84. The molecule has 19 heavy (non-hydrogen) atoms. The number of hydrogen-bond donors (Lipinski definition) is 2. The SMILES string of the molecule is CC(C(N)=NO)N1CCN(C(=O)C2CC2(C)C)CC1. The van der Waals surface area contributed by atoms with Crippen LogP contribution in [0.5, 0.6) is 0 Å². The molecule has 0 aromatic rings. The number of carbonyl (C=O) groups is 1. The summed E-state index contributed by atoms with van der Waals surface area (Å²) in [5.41, 5.74) is 5.80. The second-order valence-corrected chi connectivity index (χ2v) is 6.31. The van der Waals surface area contributed by atoms with Crippen molar-refractivity contribution in [2.45, 2.75) is 33.2 Å². The van der Waals surface area contributed by atoms with Crippen LogP contribution in [-0.2, 0) is 4.79 Å². The van der Waals surface area contributed by atoms with Crippen LogP contribution in [0.3, 0.4) is 0 Å². The van der Waals surface area contributed by atoms with Crippen molar-refractivity contribution in [2.75, 3.05) is 26.2 Å². The van der Waals surface area contributed by atoms with Gasteiger partial charge in [-0.05, 0) is 18.8 Å². The maximum atomic E-state index is 12.3. The van der Waals surface area contributed by atoms with Gasteiger partial charge in [0, 0.05) is 32.1 Å². The third-order valence-electron chi connectivity index (χ3n) is 4.53. The molecule has 1 saturated heterocycles. The van der Waals surface area contributed by atoms with E-state index in [1.165, 1.54) is 0 Å². The minimum Gasteiger partial charge on any atom is -0.409 e. The lowest BCUT2D eigenvalue weighted by molar-refractivity contribution is -0.135. The van der Waals surface area contributed by atoms with E-state index in [0.717, 1.165) is 32.6 Å². The maximum Gasteiger partial charge on any atom is 0.226 e. The Bertz CT molecular complexity index is 386. The predicted molar refractivity (Wildman–Crippen MR) is 72.9 cm³/mol. The van der Waals surface area contributed by atoms with Crippen molar-refractivity contribution in [3.63, 3.8) is 0 Å². The van der Waals surface area contributed by atoms with E-state index in [1.54, 1.807) is 0 Å². The fourth-order valence-electron chi connectivity index (χ4n) is 2.71. The first kappa shape index (κ1) is 14.1. The summed E-state index contributed by atoms with van der Waals surface area (Å²) in [5.74, 6) is 0.727. The van der Waals surface area contributed by atoms with Crippen molar-refractivity contribution in [2.24, 2.45) is 22.2 Å². The van der Waals surface area contributed by atoms with Gasteiger partial charge in [0.2, 0.25) is 5.91 Å². The second kappa shape index (κ2) is 5.00. The molecular formula is C13H24N4O2. The zero-order valence-electron chi connectivity index (χ0n) is 12.0. The lowest BCUT2D eigenvalue weighted by Gasteiger charge is -2.37. The summed E-state index contributed by atoms with van der Waals surface area (Å²) in [6.45, 7) is 9.21. The van der Waals surface area contributed by atoms with Gasteiger partial charge in [0.05, 0.1) is 6.04 Å². The summed E-state index contributed by atoms with van der Waals surface area (Å²) in [5, 5.41) is 11.7. The lowest BCUT2D eigenvalue weighted by Crippen LogP contribution is -2.54. The molecule has 2 atom stereocenters. The molecule has 1 aliphatic heterocycles. The van der Waals surface area contributed by atoms with Crippen LogP contribution in [0, 0.1) is 11.3 Å². The average Bonchev–Trinajstić information content (AvgIpc) is 3.05. The minimum absolute atomic E-state index is 0.0837. The highest BCUT2D eigenvalue weighted by Gasteiger charge is 2.52. The van der Waals surface area contributed by atoms with Gasteiger partial charge in [-0.3, -0.25) is 9.69 Å². The number of nitrogens with zero attached hydrogens (tertiary/aromatic N) is 3. The van der Waals surface area contributed by atoms with E-state index in [9.17, 15) is 4.79 Å². The molecule has 6 nitrogen and oxygen atoms in total. The highest BCUT2D eigenvalue weighted by Crippen LogP contribution is 2.52. The van der Waals surface area contributed by atoms with Crippen LogP contribution in [0.2, 0.25) is 0 Å². The van der Waals surface area contributed by atoms with Gasteiger partial charge in [0.1, 0.15) is 0 Å². The number of amides is 1. The molecule has 1 heterocycles. The normalized spacial score (nSPS) is 29.1. The average molecular weight is 268 g/mol. The first-order valence-electron chi connectivity index (χ1n) is 6.87. The molecule has 2 fully saturated rings. The molecule has 3 N–H and O–H groups in total. The molecular weight excluding hydrogens is 244 g/mol. The fourth-order valence-corrected chi connectivity index (χ4v) is 2.71. The molecule has 0 radical (unpaired) electrons. The first-order valence-corrected chi connectivity index (χ1v) is 6.87. The second-order valence-electron chi connectivity index (χ2n) is 6.31.